The van der Waals surface area contributed by atoms with Gasteiger partial charge in [-0.05, 0) is 69.6 Å². The van der Waals surface area contributed by atoms with Crippen LogP contribution in [0.25, 0.3) is 22.2 Å². The van der Waals surface area contributed by atoms with E-state index in [4.69, 9.17) is 14.5 Å². The predicted molar refractivity (Wildman–Crippen MR) is 194 cm³/mol. The average Bonchev–Trinajstić information content (AvgIpc) is 3.16. The van der Waals surface area contributed by atoms with Crippen LogP contribution in [0.1, 0.15) is 59.8 Å². The zero-order chi connectivity index (χ0) is 39.7. The number of sulfone groups is 1. The van der Waals surface area contributed by atoms with Crippen molar-refractivity contribution < 1.29 is 49.0 Å². The molecule has 2 saturated heterocycles. The Morgan fingerprint density at radius 3 is 2.22 bits per heavy atom. The van der Waals surface area contributed by atoms with Gasteiger partial charge in [-0.15, -0.1) is 0 Å². The van der Waals surface area contributed by atoms with Gasteiger partial charge in [-0.1, -0.05) is 42.5 Å². The van der Waals surface area contributed by atoms with E-state index in [-0.39, 0.29) is 57.2 Å². The molecular weight excluding hydrogens is 751 g/mol. The predicted octanol–water partition coefficient (Wildman–Crippen LogP) is 7.44. The van der Waals surface area contributed by atoms with Crippen LogP contribution < -0.4 is 10.1 Å². The summed E-state index contributed by atoms with van der Waals surface area (Å²) in [5.74, 6) is -1.35. The summed E-state index contributed by atoms with van der Waals surface area (Å²) in [5, 5.41) is 1.01. The summed E-state index contributed by atoms with van der Waals surface area (Å²) in [4.78, 5) is 23.3. The molecule has 0 aliphatic carbocycles. The molecule has 0 bridgehead atoms. The highest BCUT2D eigenvalue weighted by Crippen LogP contribution is 2.41. The zero-order valence-corrected chi connectivity index (χ0v) is 31.3. The van der Waals surface area contributed by atoms with Gasteiger partial charge in [0.15, 0.2) is 15.9 Å². The van der Waals surface area contributed by atoms with Gasteiger partial charge in [0.25, 0.3) is 5.91 Å². The van der Waals surface area contributed by atoms with Crippen LogP contribution in [-0.4, -0.2) is 93.1 Å². The van der Waals surface area contributed by atoms with Gasteiger partial charge >= 0.3 is 12.4 Å². The maximum atomic E-state index is 14.7. The van der Waals surface area contributed by atoms with Crippen molar-refractivity contribution in [3.63, 3.8) is 0 Å². The van der Waals surface area contributed by atoms with E-state index < -0.39 is 49.8 Å². The van der Waals surface area contributed by atoms with Gasteiger partial charge < -0.3 is 14.8 Å². The maximum Gasteiger partial charge on any atom is 0.416 e. The second-order valence-electron chi connectivity index (χ2n) is 14.0. The Morgan fingerprint density at radius 2 is 1.62 bits per heavy atom. The number of amides is 1. The largest absolute Gasteiger partial charge is 0.495 e. The van der Waals surface area contributed by atoms with Gasteiger partial charge in [0.1, 0.15) is 10.6 Å². The fourth-order valence-corrected chi connectivity index (χ4v) is 8.63. The number of nitrogens with zero attached hydrogens (tertiary/aromatic N) is 3. The van der Waals surface area contributed by atoms with Gasteiger partial charge in [0.05, 0.1) is 47.9 Å². The van der Waals surface area contributed by atoms with E-state index >= 15 is 0 Å². The molecule has 2 fully saturated rings. The van der Waals surface area contributed by atoms with E-state index in [1.54, 1.807) is 0 Å². The number of benzene rings is 3. The standard InChI is InChI=1S/C39H42F6N4O5S/c1-24(2)55(51,52)35-31(53-3)13-12-29-32(37(50)47-36(39(43,44)45)25-8-5-4-6-9-25)30(23-48-16-14-28(15-17-48)49-18-20-54-21-19-49)33(46-34(29)35)26-10-7-11-27(22-26)38(40,41)42/h4-13,22,24,28,36H,14-21,23H2,1-3H3,(H,47,50)/t36-/m0/s1. The number of pyridine rings is 1. The van der Waals surface area contributed by atoms with Gasteiger partial charge in [0.2, 0.25) is 0 Å². The van der Waals surface area contributed by atoms with E-state index in [2.05, 4.69) is 10.2 Å². The quantitative estimate of drug-likeness (QED) is 0.166. The zero-order valence-electron chi connectivity index (χ0n) is 30.5. The van der Waals surface area contributed by atoms with Gasteiger partial charge in [-0.25, -0.2) is 13.4 Å². The first-order valence-electron chi connectivity index (χ1n) is 17.9. The molecule has 6 rings (SSSR count). The highest BCUT2D eigenvalue weighted by atomic mass is 32.2. The first-order valence-corrected chi connectivity index (χ1v) is 19.5. The Morgan fingerprint density at radius 1 is 0.945 bits per heavy atom. The number of hydrogen-bond acceptors (Lipinski definition) is 8. The lowest BCUT2D eigenvalue weighted by atomic mass is 9.93. The molecule has 55 heavy (non-hydrogen) atoms. The molecule has 2 aliphatic rings. The molecule has 296 valence electrons. The van der Waals surface area contributed by atoms with Gasteiger partial charge in [-0.3, -0.25) is 14.6 Å². The molecule has 0 saturated carbocycles. The minimum absolute atomic E-state index is 0.0567. The number of rotatable bonds is 10. The Hall–Kier alpha value is -4.25. The topological polar surface area (TPSA) is 101 Å². The smallest absolute Gasteiger partial charge is 0.416 e. The summed E-state index contributed by atoms with van der Waals surface area (Å²) >= 11 is 0. The lowest BCUT2D eigenvalue weighted by molar-refractivity contribution is -0.155. The first kappa shape index (κ1) is 40.4. The van der Waals surface area contributed by atoms with Gasteiger partial charge in [-0.2, -0.15) is 26.3 Å². The number of morpholine rings is 1. The summed E-state index contributed by atoms with van der Waals surface area (Å²) in [6, 6.07) is 11.4. The molecule has 0 unspecified atom stereocenters. The number of piperidine rings is 1. The summed E-state index contributed by atoms with van der Waals surface area (Å²) in [6.45, 7) is 6.54. The van der Waals surface area contributed by atoms with Crippen molar-refractivity contribution in [2.75, 3.05) is 46.5 Å². The third kappa shape index (κ3) is 8.61. The summed E-state index contributed by atoms with van der Waals surface area (Å²) in [7, 11) is -3.04. The molecule has 2 aliphatic heterocycles. The van der Waals surface area contributed by atoms with Crippen LogP contribution in [0.3, 0.4) is 0 Å². The monoisotopic (exact) mass is 792 g/mol. The van der Waals surface area contributed by atoms with Crippen LogP contribution in [0.15, 0.2) is 71.6 Å². The number of carbonyl (C=O) groups is 1. The number of ether oxygens (including phenoxy) is 2. The third-order valence-electron chi connectivity index (χ3n) is 10.2. The molecule has 1 atom stereocenters. The van der Waals surface area contributed by atoms with Crippen molar-refractivity contribution in [1.82, 2.24) is 20.1 Å². The van der Waals surface area contributed by atoms with E-state index in [9.17, 15) is 39.6 Å². The number of carbonyl (C=O) groups excluding carboxylic acids is 1. The summed E-state index contributed by atoms with van der Waals surface area (Å²) in [5.41, 5.74) is -2.15. The molecule has 1 N–H and O–H groups in total. The lowest BCUT2D eigenvalue weighted by Gasteiger charge is -2.40. The Balaban J connectivity index is 1.60. The van der Waals surface area contributed by atoms with Crippen LogP contribution in [-0.2, 0) is 27.3 Å². The number of halogens is 6. The van der Waals surface area contributed by atoms with Crippen molar-refractivity contribution in [1.29, 1.82) is 0 Å². The summed E-state index contributed by atoms with van der Waals surface area (Å²) < 4.78 is 125. The van der Waals surface area contributed by atoms with Crippen molar-refractivity contribution in [3.8, 4) is 17.0 Å². The SMILES string of the molecule is COc1ccc2c(C(=O)N[C@@H](c3ccccc3)C(F)(F)F)c(CN3CCC(N4CCOCC4)CC3)c(-c3cccc(C(F)(F)F)c3)nc2c1S(=O)(=O)C(C)C. The molecule has 1 aromatic heterocycles. The van der Waals surface area contributed by atoms with Crippen LogP contribution in [0, 0.1) is 0 Å². The minimum atomic E-state index is -4.96. The minimum Gasteiger partial charge on any atom is -0.495 e. The Kier molecular flexibility index (Phi) is 11.8. The Bertz CT molecular complexity index is 2120. The number of hydrogen-bond donors (Lipinski definition) is 1. The average molecular weight is 793 g/mol. The van der Waals surface area contributed by atoms with Crippen molar-refractivity contribution in [2.24, 2.45) is 0 Å². The molecule has 4 aromatic rings. The van der Waals surface area contributed by atoms with Crippen molar-refractivity contribution in [2.45, 2.75) is 67.8 Å². The maximum absolute atomic E-state index is 14.7. The highest BCUT2D eigenvalue weighted by Gasteiger charge is 2.43. The van der Waals surface area contributed by atoms with Crippen molar-refractivity contribution in [3.05, 3.63) is 89.0 Å². The first-order chi connectivity index (χ1) is 26.0. The fourth-order valence-electron chi connectivity index (χ4n) is 7.30. The lowest BCUT2D eigenvalue weighted by Crippen LogP contribution is -2.48. The molecule has 0 spiro atoms. The van der Waals surface area contributed by atoms with Crippen molar-refractivity contribution >= 4 is 26.6 Å². The second kappa shape index (κ2) is 16.1. The van der Waals surface area contributed by atoms with E-state index in [0.717, 1.165) is 44.1 Å². The molecule has 0 radical (unpaired) electrons. The molecule has 1 amide bonds. The Labute approximate surface area is 315 Å². The number of aromatic nitrogens is 1. The fraction of sp³-hybridized carbons (Fsp3) is 0.436. The second-order valence-corrected chi connectivity index (χ2v) is 16.4. The van der Waals surface area contributed by atoms with Crippen LogP contribution in [0.4, 0.5) is 26.3 Å². The highest BCUT2D eigenvalue weighted by molar-refractivity contribution is 7.92. The van der Waals surface area contributed by atoms with Gasteiger partial charge in [0, 0.05) is 42.2 Å². The van der Waals surface area contributed by atoms with E-state index in [1.807, 2.05) is 4.90 Å². The summed E-state index contributed by atoms with van der Waals surface area (Å²) in [6.07, 6.45) is -8.29. The normalized spacial score (nSPS) is 17.4. The van der Waals surface area contributed by atoms with Crippen LogP contribution in [0.2, 0.25) is 0 Å². The molecular formula is C39H42F6N4O5S. The molecule has 9 nitrogen and oxygen atoms in total. The number of nitrogens with one attached hydrogen (secondary N) is 1. The number of likely N-dealkylation sites (tertiary alicyclic amines) is 1. The van der Waals surface area contributed by atoms with Crippen LogP contribution >= 0.6 is 0 Å². The van der Waals surface area contributed by atoms with Crippen LogP contribution in [0.5, 0.6) is 5.75 Å². The number of fused-ring (bicyclic) bond motifs is 1. The van der Waals surface area contributed by atoms with E-state index in [1.165, 1.54) is 69.5 Å². The molecule has 16 heteroatoms. The van der Waals surface area contributed by atoms with E-state index in [0.29, 0.717) is 26.3 Å². The molecule has 3 heterocycles. The number of methoxy groups -OCH3 is 1. The number of alkyl halides is 6. The molecule has 3 aromatic carbocycles. The third-order valence-corrected chi connectivity index (χ3v) is 12.4.